The monoisotopic (exact) mass is 508 g/mol. The highest BCUT2D eigenvalue weighted by molar-refractivity contribution is 5.48. The van der Waals surface area contributed by atoms with Gasteiger partial charge < -0.3 is 24.4 Å². The van der Waals surface area contributed by atoms with Crippen molar-refractivity contribution in [2.24, 2.45) is 5.92 Å². The topological polar surface area (TPSA) is 45.2 Å². The molecule has 3 rings (SSSR count). The van der Waals surface area contributed by atoms with Gasteiger partial charge in [0.25, 0.3) is 0 Å². The minimum atomic E-state index is -0.915. The second kappa shape index (κ2) is 12.5. The van der Waals surface area contributed by atoms with Crippen LogP contribution in [0, 0.1) is 5.92 Å². The standard InChI is InChI=1S/C32H48N2O3/c1-22-18-27(25-20-23(14-16-33(4)5)10-12-29(25)36-8)31(32(2,3)35)28(19-22)26-21-24(15-17-34(6)7)11-13-30(26)37-9/h10-13,18,20-21,27-28,31,35H,14-17,19H2,1-9H3. The van der Waals surface area contributed by atoms with Crippen LogP contribution in [0.15, 0.2) is 48.0 Å². The Morgan fingerprint density at radius 2 is 1.32 bits per heavy atom. The van der Waals surface area contributed by atoms with E-state index in [9.17, 15) is 5.11 Å². The average Bonchev–Trinajstić information content (AvgIpc) is 2.84. The van der Waals surface area contributed by atoms with Gasteiger partial charge in [0.05, 0.1) is 19.8 Å². The summed E-state index contributed by atoms with van der Waals surface area (Å²) in [6.07, 6.45) is 5.19. The number of rotatable bonds is 11. The van der Waals surface area contributed by atoms with Gasteiger partial charge in [-0.05, 0) is 103 Å². The Morgan fingerprint density at radius 1 is 0.838 bits per heavy atom. The highest BCUT2D eigenvalue weighted by atomic mass is 16.5. The number of nitrogens with zero attached hydrogens (tertiary/aromatic N) is 2. The molecule has 3 unspecified atom stereocenters. The Balaban J connectivity index is 2.13. The predicted molar refractivity (Wildman–Crippen MR) is 154 cm³/mol. The number of allylic oxidation sites excluding steroid dienone is 2. The molecule has 3 atom stereocenters. The molecule has 5 nitrogen and oxygen atoms in total. The predicted octanol–water partition coefficient (Wildman–Crippen LogP) is 5.52. The molecule has 0 bridgehead atoms. The van der Waals surface area contributed by atoms with Gasteiger partial charge in [-0.3, -0.25) is 0 Å². The van der Waals surface area contributed by atoms with Crippen molar-refractivity contribution in [2.75, 3.05) is 55.5 Å². The number of hydrogen-bond donors (Lipinski definition) is 1. The van der Waals surface area contributed by atoms with Crippen LogP contribution in [0.2, 0.25) is 0 Å². The van der Waals surface area contributed by atoms with Gasteiger partial charge in [-0.1, -0.05) is 35.9 Å². The summed E-state index contributed by atoms with van der Waals surface area (Å²) in [6.45, 7) is 8.10. The maximum Gasteiger partial charge on any atom is 0.122 e. The Labute approximate surface area is 225 Å². The van der Waals surface area contributed by atoms with Gasteiger partial charge in [-0.15, -0.1) is 0 Å². The van der Waals surface area contributed by atoms with Gasteiger partial charge in [0.15, 0.2) is 0 Å². The second-order valence-corrected chi connectivity index (χ2v) is 11.8. The van der Waals surface area contributed by atoms with Crippen LogP contribution >= 0.6 is 0 Å². The molecular weight excluding hydrogens is 460 g/mol. The van der Waals surface area contributed by atoms with E-state index in [0.29, 0.717) is 0 Å². The summed E-state index contributed by atoms with van der Waals surface area (Å²) < 4.78 is 11.8. The van der Waals surface area contributed by atoms with Crippen molar-refractivity contribution in [3.05, 3.63) is 70.3 Å². The normalized spacial score (nSPS) is 20.3. The molecule has 0 saturated heterocycles. The first-order valence-corrected chi connectivity index (χ1v) is 13.5. The summed E-state index contributed by atoms with van der Waals surface area (Å²) in [5, 5.41) is 11.7. The largest absolute Gasteiger partial charge is 0.496 e. The van der Waals surface area contributed by atoms with Crippen molar-refractivity contribution < 1.29 is 14.6 Å². The summed E-state index contributed by atoms with van der Waals surface area (Å²) in [5.41, 5.74) is 5.34. The molecule has 2 aromatic carbocycles. The molecule has 0 saturated carbocycles. The van der Waals surface area contributed by atoms with Crippen molar-refractivity contribution in [2.45, 2.75) is 57.5 Å². The van der Waals surface area contributed by atoms with Crippen molar-refractivity contribution in [1.29, 1.82) is 0 Å². The zero-order valence-corrected chi connectivity index (χ0v) is 24.5. The molecule has 5 heteroatoms. The van der Waals surface area contributed by atoms with Crippen molar-refractivity contribution in [1.82, 2.24) is 9.80 Å². The highest BCUT2D eigenvalue weighted by Gasteiger charge is 2.44. The Hall–Kier alpha value is -2.34. The van der Waals surface area contributed by atoms with Crippen molar-refractivity contribution in [3.8, 4) is 11.5 Å². The van der Waals surface area contributed by atoms with Crippen LogP contribution in [-0.2, 0) is 12.8 Å². The van der Waals surface area contributed by atoms with Crippen LogP contribution < -0.4 is 9.47 Å². The smallest absolute Gasteiger partial charge is 0.122 e. The van der Waals surface area contributed by atoms with E-state index in [1.165, 1.54) is 22.3 Å². The molecule has 37 heavy (non-hydrogen) atoms. The third-order valence-corrected chi connectivity index (χ3v) is 7.68. The average molecular weight is 509 g/mol. The minimum absolute atomic E-state index is 0.0168. The lowest BCUT2D eigenvalue weighted by Crippen LogP contribution is -2.41. The van der Waals surface area contributed by atoms with E-state index in [-0.39, 0.29) is 17.8 Å². The number of likely N-dealkylation sites (N-methyl/N-ethyl adjacent to an activating group) is 2. The number of benzene rings is 2. The SMILES string of the molecule is COc1ccc(CCN(C)C)cc1C1C=C(C)CC(c2cc(CCN(C)C)ccc2OC)C1C(C)(C)O. The quantitative estimate of drug-likeness (QED) is 0.405. The Kier molecular flexibility index (Phi) is 9.85. The Bertz CT molecular complexity index is 1070. The summed E-state index contributed by atoms with van der Waals surface area (Å²) in [6, 6.07) is 13.1. The van der Waals surface area contributed by atoms with E-state index in [4.69, 9.17) is 9.47 Å². The first kappa shape index (κ1) is 29.2. The lowest BCUT2D eigenvalue weighted by Gasteiger charge is -2.44. The third kappa shape index (κ3) is 7.37. The number of hydrogen-bond acceptors (Lipinski definition) is 5. The van der Waals surface area contributed by atoms with Crippen molar-refractivity contribution >= 4 is 0 Å². The van der Waals surface area contributed by atoms with Crippen LogP contribution in [0.5, 0.6) is 11.5 Å². The number of methoxy groups -OCH3 is 2. The fourth-order valence-electron chi connectivity index (χ4n) is 5.86. The van der Waals surface area contributed by atoms with Crippen LogP contribution in [0.1, 0.15) is 61.3 Å². The maximum atomic E-state index is 11.7. The highest BCUT2D eigenvalue weighted by Crippen LogP contribution is 2.53. The molecule has 204 valence electrons. The first-order chi connectivity index (χ1) is 17.4. The van der Waals surface area contributed by atoms with Crippen LogP contribution in [-0.4, -0.2) is 76.0 Å². The molecule has 0 aliphatic heterocycles. The molecule has 0 radical (unpaired) electrons. The van der Waals surface area contributed by atoms with Crippen LogP contribution in [0.3, 0.4) is 0 Å². The summed E-state index contributed by atoms with van der Waals surface area (Å²) >= 11 is 0. The van der Waals surface area contributed by atoms with E-state index in [1.807, 2.05) is 13.8 Å². The van der Waals surface area contributed by atoms with E-state index in [1.54, 1.807) is 14.2 Å². The fourth-order valence-corrected chi connectivity index (χ4v) is 5.86. The molecule has 0 fully saturated rings. The molecule has 0 spiro atoms. The van der Waals surface area contributed by atoms with Gasteiger partial charge in [0.2, 0.25) is 0 Å². The van der Waals surface area contributed by atoms with Crippen LogP contribution in [0.4, 0.5) is 0 Å². The van der Waals surface area contributed by atoms with E-state index < -0.39 is 5.60 Å². The molecule has 2 aromatic rings. The van der Waals surface area contributed by atoms with Crippen LogP contribution in [0.25, 0.3) is 0 Å². The van der Waals surface area contributed by atoms with Gasteiger partial charge in [-0.2, -0.15) is 0 Å². The minimum Gasteiger partial charge on any atom is -0.496 e. The second-order valence-electron chi connectivity index (χ2n) is 11.8. The molecule has 0 amide bonds. The zero-order valence-electron chi connectivity index (χ0n) is 24.5. The van der Waals surface area contributed by atoms with E-state index in [0.717, 1.165) is 49.4 Å². The Morgan fingerprint density at radius 3 is 1.78 bits per heavy atom. The molecule has 0 aromatic heterocycles. The van der Waals surface area contributed by atoms with Gasteiger partial charge in [-0.25, -0.2) is 0 Å². The summed E-state index contributed by atoms with van der Waals surface area (Å²) in [5.74, 6) is 1.85. The zero-order chi connectivity index (χ0) is 27.3. The summed E-state index contributed by atoms with van der Waals surface area (Å²) in [7, 11) is 11.9. The van der Waals surface area contributed by atoms with E-state index in [2.05, 4.69) is 87.4 Å². The molecular formula is C32H48N2O3. The third-order valence-electron chi connectivity index (χ3n) is 7.68. The molecule has 1 N–H and O–H groups in total. The van der Waals surface area contributed by atoms with Gasteiger partial charge >= 0.3 is 0 Å². The molecule has 0 heterocycles. The lowest BCUT2D eigenvalue weighted by atomic mass is 9.62. The van der Waals surface area contributed by atoms with Gasteiger partial charge in [0.1, 0.15) is 11.5 Å². The first-order valence-electron chi connectivity index (χ1n) is 13.5. The van der Waals surface area contributed by atoms with E-state index >= 15 is 0 Å². The van der Waals surface area contributed by atoms with Gasteiger partial charge in [0, 0.05) is 30.5 Å². The molecule has 1 aliphatic carbocycles. The molecule has 1 aliphatic rings. The number of ether oxygens (including phenoxy) is 2. The van der Waals surface area contributed by atoms with Crippen molar-refractivity contribution in [3.63, 3.8) is 0 Å². The number of aliphatic hydroxyl groups is 1. The maximum absolute atomic E-state index is 11.7. The lowest BCUT2D eigenvalue weighted by molar-refractivity contribution is -0.00557. The summed E-state index contributed by atoms with van der Waals surface area (Å²) in [4.78, 5) is 4.42. The fraction of sp³-hybridized carbons (Fsp3) is 0.562.